The minimum atomic E-state index is -0.261. The number of nitrogens with one attached hydrogen (secondary N) is 1. The maximum atomic E-state index is 11.9. The van der Waals surface area contributed by atoms with Crippen molar-refractivity contribution in [1.29, 1.82) is 0 Å². The first kappa shape index (κ1) is 14.9. The molecule has 0 radical (unpaired) electrons. The molecule has 106 valence electrons. The van der Waals surface area contributed by atoms with Crippen molar-refractivity contribution in [3.63, 3.8) is 0 Å². The molecule has 0 aliphatic carbocycles. The second kappa shape index (κ2) is 5.87. The summed E-state index contributed by atoms with van der Waals surface area (Å²) < 4.78 is 6.36. The summed E-state index contributed by atoms with van der Waals surface area (Å²) in [5.74, 6) is 0. The van der Waals surface area contributed by atoms with E-state index in [1.165, 1.54) is 11.3 Å². The van der Waals surface area contributed by atoms with Gasteiger partial charge in [0, 0.05) is 17.7 Å². The minimum Gasteiger partial charge on any atom is -0.441 e. The SMILES string of the molecule is Cl.O=C1OC2(CCNCC2)CN1Cc1ccc(Cl)s1. The summed E-state index contributed by atoms with van der Waals surface area (Å²) in [7, 11) is 0. The number of hydrogen-bond acceptors (Lipinski definition) is 4. The number of nitrogens with zero attached hydrogens (tertiary/aromatic N) is 1. The molecule has 1 spiro atoms. The average molecular weight is 323 g/mol. The second-order valence-corrected chi connectivity index (χ2v) is 6.66. The van der Waals surface area contributed by atoms with Crippen molar-refractivity contribution >= 4 is 41.4 Å². The Morgan fingerprint density at radius 3 is 2.79 bits per heavy atom. The third kappa shape index (κ3) is 3.16. The highest BCUT2D eigenvalue weighted by atomic mass is 35.5. The molecule has 2 saturated heterocycles. The van der Waals surface area contributed by atoms with Crippen molar-refractivity contribution in [3.8, 4) is 0 Å². The zero-order valence-corrected chi connectivity index (χ0v) is 12.7. The van der Waals surface area contributed by atoms with Crippen LogP contribution in [0.4, 0.5) is 4.79 Å². The first-order valence-electron chi connectivity index (χ1n) is 6.10. The highest BCUT2D eigenvalue weighted by Crippen LogP contribution is 2.33. The molecule has 2 aliphatic rings. The number of amides is 1. The summed E-state index contributed by atoms with van der Waals surface area (Å²) in [5.41, 5.74) is -0.261. The number of halogens is 2. The molecular formula is C12H16Cl2N2O2S. The van der Waals surface area contributed by atoms with E-state index < -0.39 is 0 Å². The van der Waals surface area contributed by atoms with E-state index in [9.17, 15) is 4.79 Å². The van der Waals surface area contributed by atoms with Gasteiger partial charge in [-0.15, -0.1) is 23.7 Å². The minimum absolute atomic E-state index is 0. The van der Waals surface area contributed by atoms with Gasteiger partial charge in [0.1, 0.15) is 5.60 Å². The van der Waals surface area contributed by atoms with Crippen LogP contribution < -0.4 is 5.32 Å². The van der Waals surface area contributed by atoms with Crippen LogP contribution in [0.15, 0.2) is 12.1 Å². The smallest absolute Gasteiger partial charge is 0.410 e. The molecule has 4 nitrogen and oxygen atoms in total. The van der Waals surface area contributed by atoms with Gasteiger partial charge in [0.25, 0.3) is 0 Å². The Kier molecular flexibility index (Phi) is 4.61. The lowest BCUT2D eigenvalue weighted by atomic mass is 9.92. The van der Waals surface area contributed by atoms with Gasteiger partial charge in [-0.3, -0.25) is 4.90 Å². The molecule has 2 fully saturated rings. The average Bonchev–Trinajstić information content (AvgIpc) is 2.86. The molecule has 0 saturated carbocycles. The van der Waals surface area contributed by atoms with Gasteiger partial charge < -0.3 is 10.1 Å². The number of hydrogen-bond donors (Lipinski definition) is 1. The molecule has 0 aromatic carbocycles. The summed E-state index contributed by atoms with van der Waals surface area (Å²) >= 11 is 7.42. The summed E-state index contributed by atoms with van der Waals surface area (Å²) in [4.78, 5) is 14.8. The van der Waals surface area contributed by atoms with Gasteiger partial charge >= 0.3 is 6.09 Å². The number of rotatable bonds is 2. The summed E-state index contributed by atoms with van der Waals surface area (Å²) in [5, 5.41) is 3.29. The number of piperidine rings is 1. The van der Waals surface area contributed by atoms with Crippen molar-refractivity contribution in [2.45, 2.75) is 25.0 Å². The van der Waals surface area contributed by atoms with E-state index in [2.05, 4.69) is 5.32 Å². The Morgan fingerprint density at radius 2 is 2.16 bits per heavy atom. The van der Waals surface area contributed by atoms with Crippen LogP contribution in [0.5, 0.6) is 0 Å². The topological polar surface area (TPSA) is 41.6 Å². The van der Waals surface area contributed by atoms with Crippen LogP contribution in [0.3, 0.4) is 0 Å². The van der Waals surface area contributed by atoms with Gasteiger partial charge in [-0.05, 0) is 25.2 Å². The van der Waals surface area contributed by atoms with Crippen LogP contribution in [-0.4, -0.2) is 36.2 Å². The fraction of sp³-hybridized carbons (Fsp3) is 0.583. The third-order valence-electron chi connectivity index (χ3n) is 3.53. The lowest BCUT2D eigenvalue weighted by molar-refractivity contribution is 0.0316. The molecule has 0 bridgehead atoms. The van der Waals surface area contributed by atoms with Crippen LogP contribution in [0, 0.1) is 0 Å². The predicted octanol–water partition coefficient (Wildman–Crippen LogP) is 2.90. The van der Waals surface area contributed by atoms with E-state index in [1.807, 2.05) is 12.1 Å². The Bertz CT molecular complexity index is 460. The quantitative estimate of drug-likeness (QED) is 0.910. The maximum Gasteiger partial charge on any atom is 0.410 e. The number of ether oxygens (including phenoxy) is 1. The molecule has 0 unspecified atom stereocenters. The molecule has 1 N–H and O–H groups in total. The van der Waals surface area contributed by atoms with Gasteiger partial charge in [0.05, 0.1) is 17.4 Å². The van der Waals surface area contributed by atoms with E-state index in [0.29, 0.717) is 13.1 Å². The Balaban J connectivity index is 0.00000133. The Morgan fingerprint density at radius 1 is 1.42 bits per heavy atom. The van der Waals surface area contributed by atoms with E-state index in [-0.39, 0.29) is 24.1 Å². The molecule has 3 rings (SSSR count). The molecular weight excluding hydrogens is 307 g/mol. The van der Waals surface area contributed by atoms with E-state index >= 15 is 0 Å². The zero-order chi connectivity index (χ0) is 12.6. The Hall–Kier alpha value is -0.490. The fourth-order valence-electron chi connectivity index (χ4n) is 2.58. The normalized spacial score (nSPS) is 21.3. The lowest BCUT2D eigenvalue weighted by Gasteiger charge is -2.31. The van der Waals surface area contributed by atoms with E-state index in [4.69, 9.17) is 16.3 Å². The largest absolute Gasteiger partial charge is 0.441 e. The van der Waals surface area contributed by atoms with Gasteiger partial charge in [-0.1, -0.05) is 11.6 Å². The van der Waals surface area contributed by atoms with Crippen molar-refractivity contribution in [2.24, 2.45) is 0 Å². The second-order valence-electron chi connectivity index (χ2n) is 4.86. The van der Waals surface area contributed by atoms with Crippen molar-refractivity contribution in [3.05, 3.63) is 21.3 Å². The molecule has 1 aromatic rings. The summed E-state index contributed by atoms with van der Waals surface area (Å²) in [6.07, 6.45) is 1.61. The third-order valence-corrected chi connectivity index (χ3v) is 4.75. The van der Waals surface area contributed by atoms with Gasteiger partial charge in [-0.2, -0.15) is 0 Å². The van der Waals surface area contributed by atoms with E-state index in [1.54, 1.807) is 4.90 Å². The molecule has 2 aliphatic heterocycles. The predicted molar refractivity (Wildman–Crippen MR) is 78.3 cm³/mol. The lowest BCUT2D eigenvalue weighted by Crippen LogP contribution is -2.44. The standard InChI is InChI=1S/C12H15ClN2O2S.ClH/c13-10-2-1-9(18-10)7-15-8-12(17-11(15)16)3-5-14-6-4-12;/h1-2,14H,3-8H2;1H. The fourth-order valence-corrected chi connectivity index (χ4v) is 3.69. The highest BCUT2D eigenvalue weighted by molar-refractivity contribution is 7.16. The Labute approximate surface area is 127 Å². The van der Waals surface area contributed by atoms with Crippen LogP contribution in [0.1, 0.15) is 17.7 Å². The van der Waals surface area contributed by atoms with Crippen molar-refractivity contribution in [2.75, 3.05) is 19.6 Å². The molecule has 3 heterocycles. The van der Waals surface area contributed by atoms with Crippen LogP contribution in [0.2, 0.25) is 4.34 Å². The number of thiophene rings is 1. The van der Waals surface area contributed by atoms with Gasteiger partial charge in [0.2, 0.25) is 0 Å². The van der Waals surface area contributed by atoms with E-state index in [0.717, 1.165) is 35.1 Å². The highest BCUT2D eigenvalue weighted by Gasteiger charge is 2.45. The van der Waals surface area contributed by atoms with Crippen molar-refractivity contribution in [1.82, 2.24) is 10.2 Å². The molecule has 1 amide bonds. The number of carbonyl (C=O) groups is 1. The first-order valence-corrected chi connectivity index (χ1v) is 7.29. The van der Waals surface area contributed by atoms with Gasteiger partial charge in [0.15, 0.2) is 0 Å². The monoisotopic (exact) mass is 322 g/mol. The summed E-state index contributed by atoms with van der Waals surface area (Å²) in [6, 6.07) is 3.83. The van der Waals surface area contributed by atoms with Crippen LogP contribution in [-0.2, 0) is 11.3 Å². The van der Waals surface area contributed by atoms with Crippen LogP contribution >= 0.6 is 35.3 Å². The molecule has 19 heavy (non-hydrogen) atoms. The molecule has 7 heteroatoms. The molecule has 0 atom stereocenters. The first-order chi connectivity index (χ1) is 8.67. The van der Waals surface area contributed by atoms with Gasteiger partial charge in [-0.25, -0.2) is 4.79 Å². The molecule has 1 aromatic heterocycles. The van der Waals surface area contributed by atoms with Crippen molar-refractivity contribution < 1.29 is 9.53 Å². The zero-order valence-electron chi connectivity index (χ0n) is 10.4. The maximum absolute atomic E-state index is 11.9. The number of carbonyl (C=O) groups excluding carboxylic acids is 1. The van der Waals surface area contributed by atoms with Crippen LogP contribution in [0.25, 0.3) is 0 Å². The summed E-state index contributed by atoms with van der Waals surface area (Å²) in [6.45, 7) is 3.15.